The van der Waals surface area contributed by atoms with Crippen LogP contribution in [0.25, 0.3) is 10.9 Å². The van der Waals surface area contributed by atoms with E-state index in [0.717, 1.165) is 0 Å². The smallest absolute Gasteiger partial charge is 0.0504 e. The first-order valence-electron chi connectivity index (χ1n) is 8.15. The third-order valence-electron chi connectivity index (χ3n) is 5.15. The molecule has 1 aliphatic heterocycles. The van der Waals surface area contributed by atoms with E-state index in [4.69, 9.17) is 0 Å². The number of hydrogen-bond acceptors (Lipinski definition) is 1. The molecule has 0 radical (unpaired) electrons. The Morgan fingerprint density at radius 2 is 2.15 bits per heavy atom. The van der Waals surface area contributed by atoms with Crippen LogP contribution in [0.15, 0.2) is 18.2 Å². The molecule has 20 heavy (non-hydrogen) atoms. The van der Waals surface area contributed by atoms with E-state index in [-0.39, 0.29) is 0 Å². The van der Waals surface area contributed by atoms with Gasteiger partial charge in [0.15, 0.2) is 0 Å². The molecule has 106 valence electrons. The standard InChI is InChI=1S/C18H24N2/c1-3-9-19-10-11-20-16-8-7-13(2)12-15(16)14-5-4-6-17(19)18(14)20/h7-8,12,17H,3-6,9-11H2,1-2H3. The van der Waals surface area contributed by atoms with Crippen molar-refractivity contribution in [2.75, 3.05) is 13.1 Å². The minimum absolute atomic E-state index is 0.681. The average Bonchev–Trinajstić information content (AvgIpc) is 2.78. The van der Waals surface area contributed by atoms with Crippen LogP contribution < -0.4 is 0 Å². The topological polar surface area (TPSA) is 8.17 Å². The summed E-state index contributed by atoms with van der Waals surface area (Å²) in [6.45, 7) is 8.17. The Bertz CT molecular complexity index is 653. The molecule has 0 saturated carbocycles. The molecule has 0 bridgehead atoms. The van der Waals surface area contributed by atoms with Crippen molar-refractivity contribution in [3.63, 3.8) is 0 Å². The molecule has 1 aromatic carbocycles. The van der Waals surface area contributed by atoms with Gasteiger partial charge in [0.25, 0.3) is 0 Å². The summed E-state index contributed by atoms with van der Waals surface area (Å²) in [4.78, 5) is 2.73. The summed E-state index contributed by atoms with van der Waals surface area (Å²) >= 11 is 0. The van der Waals surface area contributed by atoms with Crippen molar-refractivity contribution in [1.29, 1.82) is 0 Å². The number of benzene rings is 1. The minimum atomic E-state index is 0.681. The highest BCUT2D eigenvalue weighted by Crippen LogP contribution is 2.42. The normalized spacial score (nSPS) is 22.2. The van der Waals surface area contributed by atoms with Crippen LogP contribution in [0.2, 0.25) is 0 Å². The number of rotatable bonds is 2. The Labute approximate surface area is 121 Å². The van der Waals surface area contributed by atoms with Gasteiger partial charge in [-0.25, -0.2) is 0 Å². The van der Waals surface area contributed by atoms with Crippen LogP contribution in [0.1, 0.15) is 49.0 Å². The van der Waals surface area contributed by atoms with E-state index in [1.54, 1.807) is 11.3 Å². The van der Waals surface area contributed by atoms with Gasteiger partial charge in [-0.3, -0.25) is 4.90 Å². The van der Waals surface area contributed by atoms with Gasteiger partial charge < -0.3 is 4.57 Å². The van der Waals surface area contributed by atoms with Crippen LogP contribution in [0, 0.1) is 6.92 Å². The average molecular weight is 268 g/mol. The maximum absolute atomic E-state index is 2.73. The van der Waals surface area contributed by atoms with E-state index in [0.29, 0.717) is 6.04 Å². The molecule has 0 spiro atoms. The van der Waals surface area contributed by atoms with Crippen molar-refractivity contribution in [3.8, 4) is 0 Å². The fourth-order valence-corrected chi connectivity index (χ4v) is 4.35. The molecule has 0 amide bonds. The molecule has 1 unspecified atom stereocenters. The van der Waals surface area contributed by atoms with Crippen molar-refractivity contribution in [1.82, 2.24) is 9.47 Å². The number of aromatic nitrogens is 1. The van der Waals surface area contributed by atoms with Gasteiger partial charge in [0.2, 0.25) is 0 Å². The molecular weight excluding hydrogens is 244 g/mol. The number of fused-ring (bicyclic) bond motifs is 3. The lowest BCUT2D eigenvalue weighted by atomic mass is 9.89. The fourth-order valence-electron chi connectivity index (χ4n) is 4.35. The maximum Gasteiger partial charge on any atom is 0.0504 e. The number of nitrogens with zero attached hydrogens (tertiary/aromatic N) is 2. The molecule has 2 heteroatoms. The van der Waals surface area contributed by atoms with Gasteiger partial charge in [0.05, 0.1) is 6.04 Å². The molecule has 2 aromatic rings. The highest BCUT2D eigenvalue weighted by atomic mass is 15.2. The first-order chi connectivity index (χ1) is 9.79. The van der Waals surface area contributed by atoms with E-state index in [2.05, 4.69) is 41.5 Å². The van der Waals surface area contributed by atoms with Gasteiger partial charge in [0, 0.05) is 29.7 Å². The lowest BCUT2D eigenvalue weighted by Crippen LogP contribution is -2.40. The molecular formula is C18H24N2. The zero-order chi connectivity index (χ0) is 13.7. The zero-order valence-electron chi connectivity index (χ0n) is 12.7. The maximum atomic E-state index is 2.73. The molecule has 1 aromatic heterocycles. The third kappa shape index (κ3) is 1.67. The third-order valence-corrected chi connectivity index (χ3v) is 5.15. The molecule has 2 aliphatic rings. The van der Waals surface area contributed by atoms with Gasteiger partial charge in [0.1, 0.15) is 0 Å². The fraction of sp³-hybridized carbons (Fsp3) is 0.556. The second kappa shape index (κ2) is 4.63. The SMILES string of the molecule is CCCN1CCn2c3c(c4cc(C)ccc42)CCCC31. The molecule has 1 atom stereocenters. The molecule has 2 nitrogen and oxygen atoms in total. The monoisotopic (exact) mass is 268 g/mol. The Balaban J connectivity index is 1.93. The van der Waals surface area contributed by atoms with Crippen LogP contribution in [0.3, 0.4) is 0 Å². The summed E-state index contributed by atoms with van der Waals surface area (Å²) in [5.74, 6) is 0. The van der Waals surface area contributed by atoms with Crippen LogP contribution in [-0.2, 0) is 13.0 Å². The van der Waals surface area contributed by atoms with Gasteiger partial charge in [-0.1, -0.05) is 18.6 Å². The van der Waals surface area contributed by atoms with Crippen molar-refractivity contribution in [2.24, 2.45) is 0 Å². The minimum Gasteiger partial charge on any atom is -0.342 e. The lowest BCUT2D eigenvalue weighted by molar-refractivity contribution is 0.141. The number of hydrogen-bond donors (Lipinski definition) is 0. The zero-order valence-corrected chi connectivity index (χ0v) is 12.7. The van der Waals surface area contributed by atoms with Crippen LogP contribution in [0.5, 0.6) is 0 Å². The Kier molecular flexibility index (Phi) is 2.88. The summed E-state index contributed by atoms with van der Waals surface area (Å²) in [5.41, 5.74) is 6.17. The van der Waals surface area contributed by atoms with E-state index in [1.165, 1.54) is 61.8 Å². The van der Waals surface area contributed by atoms with Gasteiger partial charge in [-0.15, -0.1) is 0 Å². The Morgan fingerprint density at radius 3 is 3.00 bits per heavy atom. The second-order valence-electron chi connectivity index (χ2n) is 6.48. The summed E-state index contributed by atoms with van der Waals surface area (Å²) in [6.07, 6.45) is 5.25. The predicted octanol–water partition coefficient (Wildman–Crippen LogP) is 4.05. The molecule has 0 N–H and O–H groups in total. The van der Waals surface area contributed by atoms with Gasteiger partial charge >= 0.3 is 0 Å². The van der Waals surface area contributed by atoms with E-state index < -0.39 is 0 Å². The van der Waals surface area contributed by atoms with Gasteiger partial charge in [-0.05, 0) is 56.8 Å². The highest BCUT2D eigenvalue weighted by molar-refractivity contribution is 5.87. The van der Waals surface area contributed by atoms with E-state index in [1.807, 2.05) is 0 Å². The molecule has 0 saturated heterocycles. The summed E-state index contributed by atoms with van der Waals surface area (Å²) in [5, 5.41) is 1.53. The van der Waals surface area contributed by atoms with Gasteiger partial charge in [-0.2, -0.15) is 0 Å². The molecule has 4 rings (SSSR count). The molecule has 0 fully saturated rings. The molecule has 2 heterocycles. The van der Waals surface area contributed by atoms with Crippen LogP contribution >= 0.6 is 0 Å². The van der Waals surface area contributed by atoms with Crippen molar-refractivity contribution < 1.29 is 0 Å². The Morgan fingerprint density at radius 1 is 1.25 bits per heavy atom. The summed E-state index contributed by atoms with van der Waals surface area (Å²) in [6, 6.07) is 7.70. The predicted molar refractivity (Wildman–Crippen MR) is 84.2 cm³/mol. The Hall–Kier alpha value is -1.28. The van der Waals surface area contributed by atoms with Crippen LogP contribution in [-0.4, -0.2) is 22.6 Å². The number of aryl methyl sites for hydroxylation is 2. The van der Waals surface area contributed by atoms with E-state index in [9.17, 15) is 0 Å². The summed E-state index contributed by atoms with van der Waals surface area (Å²) in [7, 11) is 0. The lowest BCUT2D eigenvalue weighted by Gasteiger charge is -2.39. The largest absolute Gasteiger partial charge is 0.342 e. The first kappa shape index (κ1) is 12.5. The van der Waals surface area contributed by atoms with Crippen molar-refractivity contribution in [3.05, 3.63) is 35.0 Å². The first-order valence-corrected chi connectivity index (χ1v) is 8.15. The molecule has 1 aliphatic carbocycles. The van der Waals surface area contributed by atoms with Crippen molar-refractivity contribution >= 4 is 10.9 Å². The quantitative estimate of drug-likeness (QED) is 0.797. The second-order valence-corrected chi connectivity index (χ2v) is 6.48. The van der Waals surface area contributed by atoms with E-state index >= 15 is 0 Å². The van der Waals surface area contributed by atoms with Crippen molar-refractivity contribution in [2.45, 2.75) is 52.1 Å². The highest BCUT2D eigenvalue weighted by Gasteiger charge is 2.34. The summed E-state index contributed by atoms with van der Waals surface area (Å²) < 4.78 is 2.63. The van der Waals surface area contributed by atoms with Crippen LogP contribution in [0.4, 0.5) is 0 Å².